The molecule has 2 saturated carbocycles. The van der Waals surface area contributed by atoms with Gasteiger partial charge in [0.1, 0.15) is 0 Å². The fourth-order valence-corrected chi connectivity index (χ4v) is 4.89. The van der Waals surface area contributed by atoms with Crippen LogP contribution in [-0.4, -0.2) is 42.1 Å². The Morgan fingerprint density at radius 1 is 1.36 bits per heavy atom. The van der Waals surface area contributed by atoms with E-state index in [9.17, 15) is 4.79 Å². The van der Waals surface area contributed by atoms with Crippen LogP contribution in [0.2, 0.25) is 0 Å². The molecule has 2 heterocycles. The van der Waals surface area contributed by atoms with E-state index in [4.69, 9.17) is 4.74 Å². The smallest absolute Gasteiger partial charge is 0.229 e. The lowest BCUT2D eigenvalue weighted by Gasteiger charge is -2.25. The minimum atomic E-state index is 0.194. The highest BCUT2D eigenvalue weighted by Gasteiger charge is 2.43. The Labute approximate surface area is 135 Å². The van der Waals surface area contributed by atoms with Crippen LogP contribution in [0, 0.1) is 17.8 Å². The van der Waals surface area contributed by atoms with E-state index in [1.165, 1.54) is 19.3 Å². The molecule has 1 aromatic rings. The molecule has 0 spiro atoms. The summed E-state index contributed by atoms with van der Waals surface area (Å²) in [6.45, 7) is 4.38. The summed E-state index contributed by atoms with van der Waals surface area (Å²) in [6, 6.07) is 0. The van der Waals surface area contributed by atoms with E-state index >= 15 is 0 Å². The van der Waals surface area contributed by atoms with Gasteiger partial charge in [0.05, 0.1) is 18.9 Å². The van der Waals surface area contributed by atoms with Gasteiger partial charge in [-0.15, -0.1) is 11.3 Å². The molecule has 2 aliphatic carbocycles. The second kappa shape index (κ2) is 6.26. The Morgan fingerprint density at radius 2 is 2.23 bits per heavy atom. The number of rotatable bonds is 4. The van der Waals surface area contributed by atoms with Crippen LogP contribution in [0.1, 0.15) is 31.4 Å². The van der Waals surface area contributed by atoms with Crippen molar-refractivity contribution in [1.82, 2.24) is 9.88 Å². The molecule has 1 aliphatic heterocycles. The van der Waals surface area contributed by atoms with Gasteiger partial charge in [-0.1, -0.05) is 6.42 Å². The Hall–Kier alpha value is -0.980. The number of hydrogen-bond donors (Lipinski definition) is 1. The SMILES string of the molecule is O=C(Nc1nc(CN2CCOCC2)cs1)[C@@H]1C[C@H]2CC[C@H]1C2. The van der Waals surface area contributed by atoms with Gasteiger partial charge in [0.15, 0.2) is 5.13 Å². The molecule has 1 N–H and O–H groups in total. The van der Waals surface area contributed by atoms with Crippen molar-refractivity contribution in [3.8, 4) is 0 Å². The molecule has 5 nitrogen and oxygen atoms in total. The minimum Gasteiger partial charge on any atom is -0.379 e. The van der Waals surface area contributed by atoms with E-state index in [2.05, 4.69) is 20.6 Å². The largest absolute Gasteiger partial charge is 0.379 e. The second-order valence-electron chi connectivity index (χ2n) is 6.80. The van der Waals surface area contributed by atoms with Crippen molar-refractivity contribution < 1.29 is 9.53 Å². The number of hydrogen-bond acceptors (Lipinski definition) is 5. The lowest BCUT2D eigenvalue weighted by molar-refractivity contribution is -0.121. The molecule has 3 fully saturated rings. The number of fused-ring (bicyclic) bond motifs is 2. The van der Waals surface area contributed by atoms with Crippen LogP contribution < -0.4 is 5.32 Å². The van der Waals surface area contributed by atoms with Gasteiger partial charge in [-0.25, -0.2) is 4.98 Å². The van der Waals surface area contributed by atoms with Crippen molar-refractivity contribution in [3.05, 3.63) is 11.1 Å². The van der Waals surface area contributed by atoms with Crippen molar-refractivity contribution in [1.29, 1.82) is 0 Å². The van der Waals surface area contributed by atoms with E-state index in [-0.39, 0.29) is 11.8 Å². The molecule has 0 unspecified atom stereocenters. The molecule has 1 aromatic heterocycles. The van der Waals surface area contributed by atoms with Crippen LogP contribution in [0.25, 0.3) is 0 Å². The molecule has 0 aromatic carbocycles. The normalized spacial score (nSPS) is 31.5. The number of morpholine rings is 1. The summed E-state index contributed by atoms with van der Waals surface area (Å²) in [4.78, 5) is 19.4. The highest BCUT2D eigenvalue weighted by molar-refractivity contribution is 7.13. The van der Waals surface area contributed by atoms with E-state index in [0.29, 0.717) is 5.92 Å². The summed E-state index contributed by atoms with van der Waals surface area (Å²) < 4.78 is 5.36. The fraction of sp³-hybridized carbons (Fsp3) is 0.750. The third-order valence-corrected chi connectivity index (χ3v) is 6.15. The van der Waals surface area contributed by atoms with Crippen LogP contribution in [-0.2, 0) is 16.1 Å². The molecule has 3 aliphatic rings. The maximum absolute atomic E-state index is 12.4. The van der Waals surface area contributed by atoms with Gasteiger partial charge < -0.3 is 10.1 Å². The molecule has 1 amide bonds. The summed E-state index contributed by atoms with van der Waals surface area (Å²) >= 11 is 1.54. The third-order valence-electron chi connectivity index (χ3n) is 5.35. The summed E-state index contributed by atoms with van der Waals surface area (Å²) in [6.07, 6.45) is 4.92. The number of nitrogens with one attached hydrogen (secondary N) is 1. The number of amides is 1. The van der Waals surface area contributed by atoms with E-state index < -0.39 is 0 Å². The molecular weight excluding hydrogens is 298 g/mol. The lowest BCUT2D eigenvalue weighted by Crippen LogP contribution is -2.35. The van der Waals surface area contributed by atoms with Crippen LogP contribution in [0.4, 0.5) is 5.13 Å². The van der Waals surface area contributed by atoms with Gasteiger partial charge in [0, 0.05) is 30.9 Å². The van der Waals surface area contributed by atoms with Gasteiger partial charge in [0.25, 0.3) is 0 Å². The topological polar surface area (TPSA) is 54.5 Å². The average molecular weight is 321 g/mol. The summed E-state index contributed by atoms with van der Waals surface area (Å²) in [7, 11) is 0. The zero-order chi connectivity index (χ0) is 14.9. The predicted molar refractivity (Wildman–Crippen MR) is 85.8 cm³/mol. The van der Waals surface area contributed by atoms with Crippen molar-refractivity contribution in [2.75, 3.05) is 31.6 Å². The van der Waals surface area contributed by atoms with E-state index in [1.54, 1.807) is 11.3 Å². The first-order chi connectivity index (χ1) is 10.8. The second-order valence-corrected chi connectivity index (χ2v) is 7.66. The zero-order valence-electron chi connectivity index (χ0n) is 12.8. The molecule has 3 atom stereocenters. The molecule has 1 saturated heterocycles. The first-order valence-corrected chi connectivity index (χ1v) is 9.21. The van der Waals surface area contributed by atoms with E-state index in [0.717, 1.165) is 56.0 Å². The van der Waals surface area contributed by atoms with Gasteiger partial charge in [-0.2, -0.15) is 0 Å². The lowest BCUT2D eigenvalue weighted by atomic mass is 9.88. The monoisotopic (exact) mass is 321 g/mol. The van der Waals surface area contributed by atoms with Crippen LogP contribution in [0.3, 0.4) is 0 Å². The molecule has 4 rings (SSSR count). The molecule has 2 bridgehead atoms. The van der Waals surface area contributed by atoms with Gasteiger partial charge in [0.2, 0.25) is 5.91 Å². The minimum absolute atomic E-state index is 0.194. The Bertz CT molecular complexity index is 541. The standard InChI is InChI=1S/C16H23N3O2S/c20-15(14-8-11-1-2-12(14)7-11)18-16-17-13(10-22-16)9-19-3-5-21-6-4-19/h10-12,14H,1-9H2,(H,17,18,20)/t11-,12-,14+/m0/s1. The average Bonchev–Trinajstić information content (AvgIpc) is 3.25. The van der Waals surface area contributed by atoms with Crippen LogP contribution in [0.15, 0.2) is 5.38 Å². The number of ether oxygens (including phenoxy) is 1. The molecular formula is C16H23N3O2S. The molecule has 120 valence electrons. The summed E-state index contributed by atoms with van der Waals surface area (Å²) in [5.74, 6) is 1.84. The third kappa shape index (κ3) is 3.05. The predicted octanol–water partition coefficient (Wildman–Crippen LogP) is 2.35. The van der Waals surface area contributed by atoms with Crippen molar-refractivity contribution >= 4 is 22.4 Å². The van der Waals surface area contributed by atoms with E-state index in [1.807, 2.05) is 0 Å². The maximum atomic E-state index is 12.4. The van der Waals surface area contributed by atoms with Crippen molar-refractivity contribution in [2.45, 2.75) is 32.2 Å². The highest BCUT2D eigenvalue weighted by Crippen LogP contribution is 2.48. The van der Waals surface area contributed by atoms with Crippen LogP contribution in [0.5, 0.6) is 0 Å². The Kier molecular flexibility index (Phi) is 4.15. The molecule has 22 heavy (non-hydrogen) atoms. The van der Waals surface area contributed by atoms with Crippen LogP contribution >= 0.6 is 11.3 Å². The number of aromatic nitrogens is 1. The Morgan fingerprint density at radius 3 is 2.95 bits per heavy atom. The number of carbonyl (C=O) groups is 1. The van der Waals surface area contributed by atoms with Gasteiger partial charge in [-0.3, -0.25) is 9.69 Å². The first kappa shape index (κ1) is 14.6. The number of thiazole rings is 1. The summed E-state index contributed by atoms with van der Waals surface area (Å²) in [5.41, 5.74) is 1.05. The maximum Gasteiger partial charge on any atom is 0.229 e. The van der Waals surface area contributed by atoms with Gasteiger partial charge >= 0.3 is 0 Å². The Balaban J connectivity index is 1.32. The quantitative estimate of drug-likeness (QED) is 0.925. The first-order valence-electron chi connectivity index (χ1n) is 8.33. The highest BCUT2D eigenvalue weighted by atomic mass is 32.1. The number of nitrogens with zero attached hydrogens (tertiary/aromatic N) is 2. The number of carbonyl (C=O) groups excluding carboxylic acids is 1. The fourth-order valence-electron chi connectivity index (χ4n) is 4.19. The number of anilines is 1. The molecule has 6 heteroatoms. The van der Waals surface area contributed by atoms with Crippen molar-refractivity contribution in [3.63, 3.8) is 0 Å². The zero-order valence-corrected chi connectivity index (χ0v) is 13.6. The van der Waals surface area contributed by atoms with Gasteiger partial charge in [-0.05, 0) is 31.1 Å². The van der Waals surface area contributed by atoms with Crippen molar-refractivity contribution in [2.24, 2.45) is 17.8 Å². The summed E-state index contributed by atoms with van der Waals surface area (Å²) in [5, 5.41) is 5.87. The molecule has 0 radical (unpaired) electrons.